The molecule has 0 unspecified atom stereocenters. The zero-order valence-electron chi connectivity index (χ0n) is 8.97. The maximum Gasteiger partial charge on any atom is 0.270 e. The van der Waals surface area contributed by atoms with Crippen LogP contribution in [-0.2, 0) is 6.42 Å². The highest BCUT2D eigenvalue weighted by Crippen LogP contribution is 2.22. The van der Waals surface area contributed by atoms with Gasteiger partial charge in [-0.05, 0) is 18.4 Å². The van der Waals surface area contributed by atoms with E-state index in [2.05, 4.69) is 4.99 Å². The Labute approximate surface area is 100.0 Å². The molecule has 0 amide bonds. The van der Waals surface area contributed by atoms with E-state index in [1.807, 2.05) is 13.0 Å². The molecule has 0 aliphatic carbocycles. The minimum Gasteiger partial charge on any atom is -0.289 e. The van der Waals surface area contributed by atoms with Crippen LogP contribution in [0.15, 0.2) is 23.2 Å². The van der Waals surface area contributed by atoms with Crippen LogP contribution in [0.2, 0.25) is 0 Å². The Balaban J connectivity index is 0.00000128. The van der Waals surface area contributed by atoms with Crippen LogP contribution in [-0.4, -0.2) is 17.2 Å². The van der Waals surface area contributed by atoms with Crippen molar-refractivity contribution in [3.8, 4) is 0 Å². The second-order valence-corrected chi connectivity index (χ2v) is 3.53. The van der Waals surface area contributed by atoms with Crippen LogP contribution in [0.5, 0.6) is 0 Å². The van der Waals surface area contributed by atoms with E-state index in [9.17, 15) is 10.1 Å². The summed E-state index contributed by atoms with van der Waals surface area (Å²) in [6.07, 6.45) is 1.71. The van der Waals surface area contributed by atoms with E-state index in [4.69, 9.17) is 0 Å². The molecule has 0 saturated heterocycles. The lowest BCUT2D eigenvalue weighted by Gasteiger charge is -2.15. The average molecular weight is 241 g/mol. The van der Waals surface area contributed by atoms with Crippen LogP contribution in [0.4, 0.5) is 5.69 Å². The molecule has 0 spiro atoms. The second kappa shape index (κ2) is 5.07. The number of nitrogens with zero attached hydrogens (tertiary/aromatic N) is 2. The molecule has 86 valence electrons. The van der Waals surface area contributed by atoms with Gasteiger partial charge in [0.1, 0.15) is 0 Å². The quantitative estimate of drug-likeness (QED) is 0.590. The Kier molecular flexibility index (Phi) is 4.01. The van der Waals surface area contributed by atoms with Crippen molar-refractivity contribution in [2.75, 3.05) is 6.54 Å². The first-order chi connectivity index (χ1) is 7.22. The van der Waals surface area contributed by atoms with Gasteiger partial charge in [0.25, 0.3) is 5.69 Å². The van der Waals surface area contributed by atoms with Crippen molar-refractivity contribution in [1.29, 1.82) is 0 Å². The van der Waals surface area contributed by atoms with Crippen LogP contribution in [0.25, 0.3) is 0 Å². The second-order valence-electron chi connectivity index (χ2n) is 3.53. The Hall–Kier alpha value is -1.42. The van der Waals surface area contributed by atoms with E-state index in [1.165, 1.54) is 5.56 Å². The Morgan fingerprint density at radius 1 is 1.50 bits per heavy atom. The summed E-state index contributed by atoms with van der Waals surface area (Å²) in [4.78, 5) is 14.7. The number of halogens is 1. The van der Waals surface area contributed by atoms with Gasteiger partial charge in [-0.1, -0.05) is 13.0 Å². The number of fused-ring (bicyclic) bond motifs is 1. The number of non-ortho nitro benzene ring substituents is 1. The van der Waals surface area contributed by atoms with E-state index in [0.717, 1.165) is 30.7 Å². The molecule has 1 aromatic carbocycles. The molecule has 0 radical (unpaired) electrons. The van der Waals surface area contributed by atoms with Gasteiger partial charge >= 0.3 is 0 Å². The molecule has 1 aromatic rings. The van der Waals surface area contributed by atoms with Crippen molar-refractivity contribution in [3.05, 3.63) is 39.4 Å². The molecular formula is C11H13ClN2O2. The van der Waals surface area contributed by atoms with Crippen molar-refractivity contribution in [2.24, 2.45) is 4.99 Å². The summed E-state index contributed by atoms with van der Waals surface area (Å²) in [7, 11) is 0. The third-order valence-corrected chi connectivity index (χ3v) is 2.63. The van der Waals surface area contributed by atoms with E-state index in [-0.39, 0.29) is 23.0 Å². The van der Waals surface area contributed by atoms with Crippen LogP contribution in [0.1, 0.15) is 24.5 Å². The molecule has 1 aliphatic heterocycles. The first-order valence-corrected chi connectivity index (χ1v) is 5.03. The lowest BCUT2D eigenvalue weighted by atomic mass is 9.96. The topological polar surface area (TPSA) is 55.5 Å². The van der Waals surface area contributed by atoms with Crippen LogP contribution < -0.4 is 0 Å². The number of nitro groups is 1. The monoisotopic (exact) mass is 240 g/mol. The number of aliphatic imine (C=N–C) groups is 1. The Bertz CT molecular complexity index is 444. The molecule has 0 aromatic heterocycles. The normalized spacial score (nSPS) is 13.4. The van der Waals surface area contributed by atoms with Gasteiger partial charge < -0.3 is 0 Å². The molecule has 1 aliphatic rings. The first kappa shape index (κ1) is 12.6. The molecule has 5 heteroatoms. The molecule has 0 saturated carbocycles. The van der Waals surface area contributed by atoms with E-state index >= 15 is 0 Å². The summed E-state index contributed by atoms with van der Waals surface area (Å²) >= 11 is 0. The molecule has 1 heterocycles. The van der Waals surface area contributed by atoms with Crippen LogP contribution >= 0.6 is 12.4 Å². The molecule has 0 fully saturated rings. The summed E-state index contributed by atoms with van der Waals surface area (Å²) in [5.74, 6) is 0. The molecular weight excluding hydrogens is 228 g/mol. The highest BCUT2D eigenvalue weighted by Gasteiger charge is 2.16. The van der Waals surface area contributed by atoms with Gasteiger partial charge in [-0.3, -0.25) is 15.1 Å². The molecule has 2 rings (SSSR count). The van der Waals surface area contributed by atoms with Gasteiger partial charge in [0.2, 0.25) is 0 Å². The summed E-state index contributed by atoms with van der Waals surface area (Å²) < 4.78 is 0. The van der Waals surface area contributed by atoms with E-state index in [0.29, 0.717) is 0 Å². The fourth-order valence-electron chi connectivity index (χ4n) is 1.86. The third kappa shape index (κ3) is 2.22. The van der Waals surface area contributed by atoms with Crippen molar-refractivity contribution in [2.45, 2.75) is 19.8 Å². The van der Waals surface area contributed by atoms with Crippen molar-refractivity contribution >= 4 is 23.8 Å². The highest BCUT2D eigenvalue weighted by atomic mass is 35.5. The maximum absolute atomic E-state index is 10.6. The number of benzene rings is 1. The number of nitro benzene ring substituents is 1. The molecule has 0 atom stereocenters. The smallest absolute Gasteiger partial charge is 0.270 e. The standard InChI is InChI=1S/C11H12N2O2.ClH/c1-2-11-10-7-9(13(14)15)4-3-8(10)5-6-12-11;/h3-4,7H,2,5-6H2,1H3;1H. The predicted molar refractivity (Wildman–Crippen MR) is 65.7 cm³/mol. The largest absolute Gasteiger partial charge is 0.289 e. The predicted octanol–water partition coefficient (Wildman–Crippen LogP) is 2.77. The lowest BCUT2D eigenvalue weighted by molar-refractivity contribution is -0.384. The van der Waals surface area contributed by atoms with Crippen molar-refractivity contribution < 1.29 is 4.92 Å². The molecule has 4 nitrogen and oxygen atoms in total. The van der Waals surface area contributed by atoms with E-state index < -0.39 is 0 Å². The summed E-state index contributed by atoms with van der Waals surface area (Å²) in [5.41, 5.74) is 3.27. The zero-order chi connectivity index (χ0) is 10.8. The third-order valence-electron chi connectivity index (χ3n) is 2.63. The van der Waals surface area contributed by atoms with Gasteiger partial charge in [0, 0.05) is 30.0 Å². The Morgan fingerprint density at radius 2 is 2.25 bits per heavy atom. The summed E-state index contributed by atoms with van der Waals surface area (Å²) in [5, 5.41) is 10.6. The first-order valence-electron chi connectivity index (χ1n) is 5.03. The fraction of sp³-hybridized carbons (Fsp3) is 0.364. The SMILES string of the molecule is CCC1=NCCc2ccc([N+](=O)[O-])cc21.Cl. The van der Waals surface area contributed by atoms with Crippen LogP contribution in [0.3, 0.4) is 0 Å². The zero-order valence-corrected chi connectivity index (χ0v) is 9.79. The fourth-order valence-corrected chi connectivity index (χ4v) is 1.86. The lowest BCUT2D eigenvalue weighted by Crippen LogP contribution is -2.12. The number of hydrogen-bond donors (Lipinski definition) is 0. The molecule has 0 N–H and O–H groups in total. The van der Waals surface area contributed by atoms with Gasteiger partial charge in [-0.25, -0.2) is 0 Å². The van der Waals surface area contributed by atoms with E-state index in [1.54, 1.807) is 12.1 Å². The highest BCUT2D eigenvalue weighted by molar-refractivity contribution is 6.02. The summed E-state index contributed by atoms with van der Waals surface area (Å²) in [6.45, 7) is 2.82. The van der Waals surface area contributed by atoms with Crippen LogP contribution in [0, 0.1) is 10.1 Å². The Morgan fingerprint density at radius 3 is 2.88 bits per heavy atom. The average Bonchev–Trinajstić information content (AvgIpc) is 2.27. The van der Waals surface area contributed by atoms with Crippen molar-refractivity contribution in [1.82, 2.24) is 0 Å². The number of rotatable bonds is 2. The van der Waals surface area contributed by atoms with Gasteiger partial charge in [-0.2, -0.15) is 0 Å². The molecule has 16 heavy (non-hydrogen) atoms. The number of hydrogen-bond acceptors (Lipinski definition) is 3. The van der Waals surface area contributed by atoms with Crippen molar-refractivity contribution in [3.63, 3.8) is 0 Å². The minimum atomic E-state index is -0.359. The minimum absolute atomic E-state index is 0. The molecule has 0 bridgehead atoms. The van der Waals surface area contributed by atoms with Gasteiger partial charge in [0.05, 0.1) is 4.92 Å². The van der Waals surface area contributed by atoms with Gasteiger partial charge in [-0.15, -0.1) is 12.4 Å². The summed E-state index contributed by atoms with van der Waals surface area (Å²) in [6, 6.07) is 5.05. The maximum atomic E-state index is 10.6. The van der Waals surface area contributed by atoms with Gasteiger partial charge in [0.15, 0.2) is 0 Å².